The predicted molar refractivity (Wildman–Crippen MR) is 106 cm³/mol. The van der Waals surface area contributed by atoms with Gasteiger partial charge in [-0.2, -0.15) is 0 Å². The Labute approximate surface area is 161 Å². The monoisotopic (exact) mass is 384 g/mol. The molecule has 0 aliphatic heterocycles. The van der Waals surface area contributed by atoms with Gasteiger partial charge >= 0.3 is 5.97 Å². The third-order valence-corrected chi connectivity index (χ3v) is 6.79. The van der Waals surface area contributed by atoms with Gasteiger partial charge in [0.1, 0.15) is 16.2 Å². The fourth-order valence-corrected chi connectivity index (χ4v) is 5.59. The number of thiophene rings is 1. The molecule has 0 bridgehead atoms. The van der Waals surface area contributed by atoms with Gasteiger partial charge in [-0.1, -0.05) is 12.1 Å². The zero-order valence-electron chi connectivity index (χ0n) is 14.7. The van der Waals surface area contributed by atoms with Crippen molar-refractivity contribution < 1.29 is 9.53 Å². The van der Waals surface area contributed by atoms with Crippen molar-refractivity contribution in [2.75, 3.05) is 6.61 Å². The van der Waals surface area contributed by atoms with Crippen LogP contribution in [-0.4, -0.2) is 22.5 Å². The van der Waals surface area contributed by atoms with Crippen molar-refractivity contribution in [2.24, 2.45) is 0 Å². The molecule has 0 spiro atoms. The van der Waals surface area contributed by atoms with Crippen LogP contribution >= 0.6 is 23.1 Å². The van der Waals surface area contributed by atoms with Gasteiger partial charge in [0, 0.05) is 16.0 Å². The number of hydrogen-bond acceptors (Lipinski definition) is 6. The highest BCUT2D eigenvalue weighted by Gasteiger charge is 2.20. The fraction of sp³-hybridized carbons (Fsp3) is 0.350. The second kappa shape index (κ2) is 7.76. The van der Waals surface area contributed by atoms with Gasteiger partial charge in [-0.05, 0) is 55.9 Å². The molecule has 0 radical (unpaired) electrons. The van der Waals surface area contributed by atoms with Crippen LogP contribution in [-0.2, 0) is 23.3 Å². The van der Waals surface area contributed by atoms with Crippen molar-refractivity contribution in [3.8, 4) is 0 Å². The molecule has 3 aromatic rings. The molecule has 26 heavy (non-hydrogen) atoms. The van der Waals surface area contributed by atoms with E-state index in [9.17, 15) is 4.79 Å². The summed E-state index contributed by atoms with van der Waals surface area (Å²) in [6, 6.07) is 7.65. The van der Waals surface area contributed by atoms with Crippen LogP contribution in [0.4, 0.5) is 0 Å². The van der Waals surface area contributed by atoms with Crippen LogP contribution in [0.5, 0.6) is 0 Å². The molecule has 0 saturated carbocycles. The Morgan fingerprint density at radius 3 is 3.04 bits per heavy atom. The lowest BCUT2D eigenvalue weighted by molar-refractivity contribution is 0.0526. The maximum atomic E-state index is 11.9. The molecule has 0 fully saturated rings. The molecule has 0 atom stereocenters. The van der Waals surface area contributed by atoms with E-state index < -0.39 is 0 Å². The molecular formula is C20H20N2O2S2. The van der Waals surface area contributed by atoms with Crippen molar-refractivity contribution >= 4 is 39.3 Å². The van der Waals surface area contributed by atoms with Gasteiger partial charge < -0.3 is 4.74 Å². The topological polar surface area (TPSA) is 52.1 Å². The largest absolute Gasteiger partial charge is 0.462 e. The number of ether oxygens (including phenoxy) is 1. The van der Waals surface area contributed by atoms with E-state index in [1.165, 1.54) is 35.1 Å². The van der Waals surface area contributed by atoms with E-state index in [1.807, 2.05) is 36.5 Å². The smallest absolute Gasteiger partial charge is 0.338 e. The van der Waals surface area contributed by atoms with Crippen molar-refractivity contribution in [3.05, 3.63) is 52.2 Å². The molecule has 4 rings (SSSR count). The van der Waals surface area contributed by atoms with Crippen LogP contribution in [0.15, 0.2) is 35.6 Å². The molecular weight excluding hydrogens is 364 g/mol. The minimum absolute atomic E-state index is 0.268. The van der Waals surface area contributed by atoms with Crippen molar-refractivity contribution in [2.45, 2.75) is 43.4 Å². The number of carbonyl (C=O) groups is 1. The maximum Gasteiger partial charge on any atom is 0.338 e. The molecule has 1 aliphatic carbocycles. The third-order valence-electron chi connectivity index (χ3n) is 4.53. The summed E-state index contributed by atoms with van der Waals surface area (Å²) < 4.78 is 5.09. The molecule has 4 nitrogen and oxygen atoms in total. The molecule has 0 amide bonds. The Kier molecular flexibility index (Phi) is 5.22. The van der Waals surface area contributed by atoms with Crippen molar-refractivity contribution in [1.29, 1.82) is 0 Å². The number of nitrogens with zero attached hydrogens (tertiary/aromatic N) is 2. The lowest BCUT2D eigenvalue weighted by Gasteiger charge is -2.11. The summed E-state index contributed by atoms with van der Waals surface area (Å²) >= 11 is 3.54. The second-order valence-corrected chi connectivity index (χ2v) is 8.33. The number of thioether (sulfide) groups is 1. The van der Waals surface area contributed by atoms with E-state index >= 15 is 0 Å². The highest BCUT2D eigenvalue weighted by atomic mass is 32.2. The van der Waals surface area contributed by atoms with Gasteiger partial charge in [0.05, 0.1) is 12.2 Å². The summed E-state index contributed by atoms with van der Waals surface area (Å²) in [4.78, 5) is 23.6. The lowest BCUT2D eigenvalue weighted by atomic mass is 9.97. The first-order valence-corrected chi connectivity index (χ1v) is 10.7. The van der Waals surface area contributed by atoms with E-state index in [1.54, 1.807) is 24.2 Å². The molecule has 2 aromatic heterocycles. The average molecular weight is 385 g/mol. The Morgan fingerprint density at radius 2 is 2.15 bits per heavy atom. The minimum Gasteiger partial charge on any atom is -0.462 e. The zero-order valence-corrected chi connectivity index (χ0v) is 16.3. The number of rotatable bonds is 5. The molecule has 1 aromatic carbocycles. The van der Waals surface area contributed by atoms with Gasteiger partial charge in [0.25, 0.3) is 0 Å². The predicted octanol–water partition coefficient (Wildman–Crippen LogP) is 5.04. The lowest BCUT2D eigenvalue weighted by Crippen LogP contribution is -2.04. The highest BCUT2D eigenvalue weighted by Crippen LogP contribution is 2.39. The summed E-state index contributed by atoms with van der Waals surface area (Å²) in [7, 11) is 0. The van der Waals surface area contributed by atoms with E-state index in [4.69, 9.17) is 4.74 Å². The van der Waals surface area contributed by atoms with Crippen LogP contribution < -0.4 is 0 Å². The van der Waals surface area contributed by atoms with Crippen LogP contribution in [0.2, 0.25) is 0 Å². The number of benzene rings is 1. The summed E-state index contributed by atoms with van der Waals surface area (Å²) in [6.07, 6.45) is 6.49. The fourth-order valence-electron chi connectivity index (χ4n) is 3.32. The maximum absolute atomic E-state index is 11.9. The quantitative estimate of drug-likeness (QED) is 0.350. The van der Waals surface area contributed by atoms with Gasteiger partial charge in [-0.25, -0.2) is 14.8 Å². The number of aryl methyl sites for hydroxylation is 2. The Hall–Kier alpha value is -1.92. The summed E-state index contributed by atoms with van der Waals surface area (Å²) in [6.45, 7) is 2.21. The molecule has 1 aliphatic rings. The van der Waals surface area contributed by atoms with Gasteiger partial charge in [0.2, 0.25) is 0 Å². The average Bonchev–Trinajstić information content (AvgIpc) is 3.06. The molecule has 0 unspecified atom stereocenters. The van der Waals surface area contributed by atoms with Crippen molar-refractivity contribution in [3.63, 3.8) is 0 Å². The van der Waals surface area contributed by atoms with Gasteiger partial charge in [-0.3, -0.25) is 0 Å². The summed E-state index contributed by atoms with van der Waals surface area (Å²) in [5.74, 6) is 0.500. The molecule has 6 heteroatoms. The van der Waals surface area contributed by atoms with Crippen molar-refractivity contribution in [1.82, 2.24) is 9.97 Å². The zero-order chi connectivity index (χ0) is 17.9. The van der Waals surface area contributed by atoms with Gasteiger partial charge in [0.15, 0.2) is 0 Å². The number of aromatic nitrogens is 2. The van der Waals surface area contributed by atoms with Crippen LogP contribution in [0.25, 0.3) is 10.2 Å². The first-order chi connectivity index (χ1) is 12.8. The molecule has 2 heterocycles. The second-order valence-electron chi connectivity index (χ2n) is 6.28. The van der Waals surface area contributed by atoms with E-state index in [2.05, 4.69) is 9.97 Å². The number of carbonyl (C=O) groups excluding carboxylic acids is 1. The Balaban J connectivity index is 1.58. The normalized spacial score (nSPS) is 13.6. The summed E-state index contributed by atoms with van der Waals surface area (Å²) in [5.41, 5.74) is 3.15. The van der Waals surface area contributed by atoms with Gasteiger partial charge in [-0.15, -0.1) is 23.1 Å². The van der Waals surface area contributed by atoms with Crippen LogP contribution in [0, 0.1) is 0 Å². The van der Waals surface area contributed by atoms with Crippen LogP contribution in [0.1, 0.15) is 46.1 Å². The van der Waals surface area contributed by atoms with E-state index in [-0.39, 0.29) is 5.97 Å². The van der Waals surface area contributed by atoms with E-state index in [0.717, 1.165) is 27.6 Å². The minimum atomic E-state index is -0.268. The standard InChI is InChI=1S/C20H20N2O2S2/c1-2-24-20(23)14-7-5-6-13(10-14)11-25-18-17-15-8-3-4-9-16(15)26-19(17)22-12-21-18/h5-7,10,12H,2-4,8-9,11H2,1H3. The Bertz CT molecular complexity index is 952. The number of fused-ring (bicyclic) bond motifs is 3. The summed E-state index contributed by atoms with van der Waals surface area (Å²) in [5, 5.41) is 2.30. The molecule has 0 saturated heterocycles. The van der Waals surface area contributed by atoms with Crippen LogP contribution in [0.3, 0.4) is 0 Å². The highest BCUT2D eigenvalue weighted by molar-refractivity contribution is 7.98. The first kappa shape index (κ1) is 17.5. The third kappa shape index (κ3) is 3.48. The number of hydrogen-bond donors (Lipinski definition) is 0. The first-order valence-electron chi connectivity index (χ1n) is 8.90. The Morgan fingerprint density at radius 1 is 1.27 bits per heavy atom. The van der Waals surface area contributed by atoms with E-state index in [0.29, 0.717) is 12.2 Å². The molecule has 134 valence electrons. The SMILES string of the molecule is CCOC(=O)c1cccc(CSc2ncnc3sc4c(c23)CCCC4)c1. The molecule has 0 N–H and O–H groups in total. The number of esters is 1.